The number of ether oxygens (including phenoxy) is 3. The van der Waals surface area contributed by atoms with Crippen molar-refractivity contribution in [2.45, 2.75) is 27.2 Å². The van der Waals surface area contributed by atoms with Crippen molar-refractivity contribution in [2.24, 2.45) is 11.8 Å². The molecule has 118 valence electrons. The van der Waals surface area contributed by atoms with Crippen molar-refractivity contribution >= 4 is 5.91 Å². The Morgan fingerprint density at radius 1 is 1.05 bits per heavy atom. The summed E-state index contributed by atoms with van der Waals surface area (Å²) in [4.78, 5) is 13.7. The number of hydrogen-bond acceptors (Lipinski definition) is 4. The first-order valence-electron chi connectivity index (χ1n) is 7.66. The second-order valence-corrected chi connectivity index (χ2v) is 5.47. The molecule has 20 heavy (non-hydrogen) atoms. The lowest BCUT2D eigenvalue weighted by atomic mass is 9.88. The fourth-order valence-electron chi connectivity index (χ4n) is 2.04. The standard InChI is InChI=1S/C15H29NO4/c1-4-18-7-8-20-10-9-19-6-5-15(17)16-11-14(12-16)13(2)3/h13-14H,4-12H2,1-3H3. The van der Waals surface area contributed by atoms with Crippen LogP contribution in [0.4, 0.5) is 0 Å². The minimum absolute atomic E-state index is 0.208. The fourth-order valence-corrected chi connectivity index (χ4v) is 2.04. The Labute approximate surface area is 122 Å². The molecule has 0 bridgehead atoms. The van der Waals surface area contributed by atoms with E-state index in [2.05, 4.69) is 13.8 Å². The van der Waals surface area contributed by atoms with Gasteiger partial charge in [0, 0.05) is 19.7 Å². The molecule has 0 atom stereocenters. The smallest absolute Gasteiger partial charge is 0.224 e. The van der Waals surface area contributed by atoms with E-state index in [0.717, 1.165) is 19.7 Å². The van der Waals surface area contributed by atoms with Gasteiger partial charge in [0.2, 0.25) is 5.91 Å². The minimum Gasteiger partial charge on any atom is -0.379 e. The Morgan fingerprint density at radius 3 is 2.15 bits per heavy atom. The van der Waals surface area contributed by atoms with Gasteiger partial charge >= 0.3 is 0 Å². The molecule has 0 N–H and O–H groups in total. The van der Waals surface area contributed by atoms with Gasteiger partial charge in [-0.2, -0.15) is 0 Å². The summed E-state index contributed by atoms with van der Waals surface area (Å²) in [6.07, 6.45) is 0.476. The summed E-state index contributed by atoms with van der Waals surface area (Å²) < 4.78 is 15.9. The van der Waals surface area contributed by atoms with Crippen molar-refractivity contribution in [1.29, 1.82) is 0 Å². The van der Waals surface area contributed by atoms with Crippen molar-refractivity contribution in [3.05, 3.63) is 0 Å². The van der Waals surface area contributed by atoms with Crippen LogP contribution in [0, 0.1) is 11.8 Å². The molecule has 1 amide bonds. The number of amides is 1. The molecule has 1 heterocycles. The molecule has 1 rings (SSSR count). The maximum atomic E-state index is 11.8. The van der Waals surface area contributed by atoms with Crippen molar-refractivity contribution in [3.8, 4) is 0 Å². The number of carbonyl (C=O) groups is 1. The lowest BCUT2D eigenvalue weighted by molar-refractivity contribution is -0.139. The number of likely N-dealkylation sites (tertiary alicyclic amines) is 1. The van der Waals surface area contributed by atoms with Crippen LogP contribution in [0.3, 0.4) is 0 Å². The minimum atomic E-state index is 0.208. The summed E-state index contributed by atoms with van der Waals surface area (Å²) in [6, 6.07) is 0. The highest BCUT2D eigenvalue weighted by Gasteiger charge is 2.31. The highest BCUT2D eigenvalue weighted by Crippen LogP contribution is 2.23. The number of nitrogens with zero attached hydrogens (tertiary/aromatic N) is 1. The fraction of sp³-hybridized carbons (Fsp3) is 0.933. The normalized spacial score (nSPS) is 15.7. The van der Waals surface area contributed by atoms with E-state index in [1.165, 1.54) is 0 Å². The monoisotopic (exact) mass is 287 g/mol. The summed E-state index contributed by atoms with van der Waals surface area (Å²) in [5.41, 5.74) is 0. The van der Waals surface area contributed by atoms with E-state index in [1.807, 2.05) is 11.8 Å². The number of hydrogen-bond donors (Lipinski definition) is 0. The Hall–Kier alpha value is -0.650. The van der Waals surface area contributed by atoms with Crippen LogP contribution in [0.15, 0.2) is 0 Å². The second kappa shape index (κ2) is 10.1. The van der Waals surface area contributed by atoms with Gasteiger partial charge in [-0.05, 0) is 18.8 Å². The average molecular weight is 287 g/mol. The lowest BCUT2D eigenvalue weighted by Gasteiger charge is -2.41. The van der Waals surface area contributed by atoms with E-state index in [0.29, 0.717) is 51.3 Å². The first-order chi connectivity index (χ1) is 9.65. The van der Waals surface area contributed by atoms with E-state index < -0.39 is 0 Å². The number of rotatable bonds is 11. The van der Waals surface area contributed by atoms with Gasteiger partial charge in [0.1, 0.15) is 0 Å². The Morgan fingerprint density at radius 2 is 1.60 bits per heavy atom. The van der Waals surface area contributed by atoms with Crippen molar-refractivity contribution in [3.63, 3.8) is 0 Å². The van der Waals surface area contributed by atoms with E-state index in [-0.39, 0.29) is 5.91 Å². The van der Waals surface area contributed by atoms with Gasteiger partial charge in [0.15, 0.2) is 0 Å². The Kier molecular flexibility index (Phi) is 8.82. The second-order valence-electron chi connectivity index (χ2n) is 5.47. The highest BCUT2D eigenvalue weighted by molar-refractivity contribution is 5.77. The van der Waals surface area contributed by atoms with Gasteiger partial charge in [-0.25, -0.2) is 0 Å². The van der Waals surface area contributed by atoms with Gasteiger partial charge < -0.3 is 19.1 Å². The molecule has 0 aromatic carbocycles. The predicted octanol–water partition coefficient (Wildman–Crippen LogP) is 1.56. The molecule has 0 saturated carbocycles. The first kappa shape index (κ1) is 17.4. The molecule has 5 heteroatoms. The Bertz CT molecular complexity index is 265. The molecule has 1 aliphatic rings. The van der Waals surface area contributed by atoms with Gasteiger partial charge in [-0.15, -0.1) is 0 Å². The maximum absolute atomic E-state index is 11.8. The highest BCUT2D eigenvalue weighted by atomic mass is 16.5. The van der Waals surface area contributed by atoms with E-state index in [9.17, 15) is 4.79 Å². The molecule has 0 aromatic heterocycles. The van der Waals surface area contributed by atoms with E-state index >= 15 is 0 Å². The Balaban J connectivity index is 1.86. The van der Waals surface area contributed by atoms with Crippen LogP contribution in [-0.2, 0) is 19.0 Å². The zero-order chi connectivity index (χ0) is 14.8. The van der Waals surface area contributed by atoms with Crippen molar-refractivity contribution < 1.29 is 19.0 Å². The molecule has 0 radical (unpaired) electrons. The molecule has 5 nitrogen and oxygen atoms in total. The first-order valence-corrected chi connectivity index (χ1v) is 7.66. The average Bonchev–Trinajstić information content (AvgIpc) is 2.34. The van der Waals surface area contributed by atoms with Crippen LogP contribution in [0.25, 0.3) is 0 Å². The van der Waals surface area contributed by atoms with Gasteiger partial charge in [-0.1, -0.05) is 13.8 Å². The molecule has 0 unspecified atom stereocenters. The van der Waals surface area contributed by atoms with E-state index in [1.54, 1.807) is 0 Å². The quantitative estimate of drug-likeness (QED) is 0.541. The topological polar surface area (TPSA) is 48.0 Å². The molecule has 1 fully saturated rings. The largest absolute Gasteiger partial charge is 0.379 e. The van der Waals surface area contributed by atoms with Crippen molar-refractivity contribution in [2.75, 3.05) is 52.7 Å². The van der Waals surface area contributed by atoms with Gasteiger partial charge in [0.25, 0.3) is 0 Å². The van der Waals surface area contributed by atoms with Gasteiger partial charge in [-0.3, -0.25) is 4.79 Å². The molecular weight excluding hydrogens is 258 g/mol. The molecule has 0 spiro atoms. The zero-order valence-electron chi connectivity index (χ0n) is 13.1. The molecular formula is C15H29NO4. The summed E-state index contributed by atoms with van der Waals surface area (Å²) in [5.74, 6) is 1.56. The van der Waals surface area contributed by atoms with Crippen molar-refractivity contribution in [1.82, 2.24) is 4.90 Å². The van der Waals surface area contributed by atoms with Crippen LogP contribution in [0.5, 0.6) is 0 Å². The molecule has 1 saturated heterocycles. The zero-order valence-corrected chi connectivity index (χ0v) is 13.1. The summed E-state index contributed by atoms with van der Waals surface area (Å²) >= 11 is 0. The molecule has 0 aromatic rings. The van der Waals surface area contributed by atoms with Crippen LogP contribution in [0.1, 0.15) is 27.2 Å². The van der Waals surface area contributed by atoms with Crippen LogP contribution < -0.4 is 0 Å². The van der Waals surface area contributed by atoms with Crippen LogP contribution >= 0.6 is 0 Å². The van der Waals surface area contributed by atoms with Gasteiger partial charge in [0.05, 0.1) is 39.5 Å². The maximum Gasteiger partial charge on any atom is 0.224 e. The van der Waals surface area contributed by atoms with Crippen LogP contribution in [-0.4, -0.2) is 63.5 Å². The summed E-state index contributed by atoms with van der Waals surface area (Å²) in [7, 11) is 0. The third kappa shape index (κ3) is 6.68. The molecule has 1 aliphatic heterocycles. The SMILES string of the molecule is CCOCCOCCOCCC(=O)N1CC(C(C)C)C1. The molecule has 0 aliphatic carbocycles. The van der Waals surface area contributed by atoms with E-state index in [4.69, 9.17) is 14.2 Å². The predicted molar refractivity (Wildman–Crippen MR) is 77.7 cm³/mol. The summed E-state index contributed by atoms with van der Waals surface area (Å²) in [6.45, 7) is 11.7. The summed E-state index contributed by atoms with van der Waals surface area (Å²) in [5, 5.41) is 0. The van der Waals surface area contributed by atoms with Crippen LogP contribution in [0.2, 0.25) is 0 Å². The lowest BCUT2D eigenvalue weighted by Crippen LogP contribution is -2.52. The third-order valence-corrected chi connectivity index (χ3v) is 3.61. The third-order valence-electron chi connectivity index (χ3n) is 3.61. The number of carbonyl (C=O) groups excluding carboxylic acids is 1.